The molecule has 0 spiro atoms. The van der Waals surface area contributed by atoms with Crippen LogP contribution in [0.4, 0.5) is 5.13 Å². The molecule has 4 N–H and O–H groups in total. The third kappa shape index (κ3) is 6.23. The number of ether oxygens (including phenoxy) is 1. The summed E-state index contributed by atoms with van der Waals surface area (Å²) in [5.41, 5.74) is 5.97. The summed E-state index contributed by atoms with van der Waals surface area (Å²) < 4.78 is 4.93. The topological polar surface area (TPSA) is 174 Å². The molecule has 14 heteroatoms. The Morgan fingerprint density at radius 3 is 2.61 bits per heavy atom. The van der Waals surface area contributed by atoms with Crippen molar-refractivity contribution in [1.82, 2.24) is 15.2 Å². The maximum atomic E-state index is 13.2. The fraction of sp³-hybridized carbons (Fsp3) is 0.455. The second kappa shape index (κ2) is 10.7. The Morgan fingerprint density at radius 2 is 2.06 bits per heavy atom. The first-order valence-electron chi connectivity index (χ1n) is 10.8. The number of β-lactam (4-membered cyclic amide) rings is 1. The van der Waals surface area contributed by atoms with Gasteiger partial charge in [0.05, 0.1) is 5.69 Å². The molecule has 0 aliphatic carbocycles. The van der Waals surface area contributed by atoms with Gasteiger partial charge in [-0.05, 0) is 39.3 Å². The Morgan fingerprint density at radius 1 is 1.36 bits per heavy atom. The quantitative estimate of drug-likeness (QED) is 0.191. The summed E-state index contributed by atoms with van der Waals surface area (Å²) in [6, 6.07) is -0.977. The van der Waals surface area contributed by atoms with Crippen molar-refractivity contribution in [3.8, 4) is 0 Å². The van der Waals surface area contributed by atoms with E-state index in [1.807, 2.05) is 0 Å². The number of aromatic nitrogens is 1. The molecule has 0 unspecified atom stereocenters. The zero-order valence-electron chi connectivity index (χ0n) is 20.4. The van der Waals surface area contributed by atoms with E-state index in [0.717, 1.165) is 4.90 Å². The number of nitrogen functional groups attached to an aromatic ring is 1. The number of hydrogen-bond donors (Lipinski definition) is 3. The number of thiazole rings is 1. The number of nitrogens with zero attached hydrogens (tertiary/aromatic N) is 3. The van der Waals surface area contributed by atoms with Gasteiger partial charge in [-0.2, -0.15) is 0 Å². The normalized spacial score (nSPS) is 20.5. The van der Waals surface area contributed by atoms with Crippen molar-refractivity contribution in [1.29, 1.82) is 0 Å². The SMILES string of the molecule is CC(=O)OCC1=C(C(=O)O)N2C(=O)[C@@H](NC(=O)C(=N\OC(C)(C)C)/C(C)=C/c3csc(N)n3)[C@H]2SC1. The Hall–Kier alpha value is -3.39. The molecule has 2 aliphatic rings. The van der Waals surface area contributed by atoms with E-state index >= 15 is 0 Å². The van der Waals surface area contributed by atoms with E-state index in [1.54, 1.807) is 39.2 Å². The van der Waals surface area contributed by atoms with Gasteiger partial charge in [0.15, 0.2) is 10.8 Å². The van der Waals surface area contributed by atoms with E-state index in [9.17, 15) is 24.3 Å². The summed E-state index contributed by atoms with van der Waals surface area (Å²) in [5, 5.41) is 17.8. The summed E-state index contributed by atoms with van der Waals surface area (Å²) in [7, 11) is 0. The summed E-state index contributed by atoms with van der Waals surface area (Å²) in [6.07, 6.45) is 1.62. The van der Waals surface area contributed by atoms with Crippen molar-refractivity contribution in [2.45, 2.75) is 51.6 Å². The average Bonchev–Trinajstić information content (AvgIpc) is 3.18. The first-order valence-corrected chi connectivity index (χ1v) is 12.7. The van der Waals surface area contributed by atoms with E-state index in [0.29, 0.717) is 22.0 Å². The highest BCUT2D eigenvalue weighted by atomic mass is 32.2. The van der Waals surface area contributed by atoms with Crippen molar-refractivity contribution in [2.75, 3.05) is 18.1 Å². The number of amides is 2. The van der Waals surface area contributed by atoms with Gasteiger partial charge in [0.25, 0.3) is 11.8 Å². The number of carbonyl (C=O) groups is 4. The largest absolute Gasteiger partial charge is 0.477 e. The number of hydrogen-bond acceptors (Lipinski definition) is 11. The van der Waals surface area contributed by atoms with Crippen molar-refractivity contribution in [3.05, 3.63) is 27.9 Å². The molecule has 0 radical (unpaired) electrons. The Balaban J connectivity index is 1.82. The molecular weight excluding hydrogens is 510 g/mol. The van der Waals surface area contributed by atoms with Gasteiger partial charge in [0.2, 0.25) is 0 Å². The number of rotatable bonds is 8. The molecule has 0 aromatic carbocycles. The number of anilines is 1. The van der Waals surface area contributed by atoms with Crippen molar-refractivity contribution in [3.63, 3.8) is 0 Å². The molecule has 1 aromatic heterocycles. The molecule has 1 aromatic rings. The van der Waals surface area contributed by atoms with Crippen LogP contribution in [-0.2, 0) is 28.8 Å². The predicted octanol–water partition coefficient (Wildman–Crippen LogP) is 1.60. The molecule has 2 aliphatic heterocycles. The first kappa shape index (κ1) is 27.2. The highest BCUT2D eigenvalue weighted by molar-refractivity contribution is 8.00. The summed E-state index contributed by atoms with van der Waals surface area (Å²) in [5.74, 6) is -2.92. The van der Waals surface area contributed by atoms with Crippen LogP contribution >= 0.6 is 23.1 Å². The standard InChI is InChI=1S/C22H27N5O7S2/c1-10(6-13-9-36-21(23)24-13)14(26-34-22(3,4)5)17(29)25-15-18(30)27-16(20(31)32)12(7-33-11(2)28)8-35-19(15)27/h6,9,15,19H,7-8H2,1-5H3,(H2,23,24)(H,25,29)(H,31,32)/b10-6+,26-14-/t15-,19-/m1/s1. The van der Waals surface area contributed by atoms with Crippen molar-refractivity contribution in [2.24, 2.45) is 5.16 Å². The smallest absolute Gasteiger partial charge is 0.352 e. The second-order valence-corrected chi connectivity index (χ2v) is 11.0. The number of carboxylic acids is 1. The molecule has 0 bridgehead atoms. The van der Waals surface area contributed by atoms with Crippen molar-refractivity contribution >= 4 is 63.8 Å². The number of esters is 1. The molecule has 2 atom stereocenters. The first-order chi connectivity index (χ1) is 16.8. The molecule has 3 heterocycles. The third-order valence-electron chi connectivity index (χ3n) is 4.89. The molecule has 1 fully saturated rings. The summed E-state index contributed by atoms with van der Waals surface area (Å²) >= 11 is 2.51. The van der Waals surface area contributed by atoms with Crippen LogP contribution in [-0.4, -0.2) is 73.8 Å². The van der Waals surface area contributed by atoms with E-state index < -0.39 is 40.8 Å². The number of aliphatic carboxylic acids is 1. The van der Waals surface area contributed by atoms with Crippen LogP contribution in [0.5, 0.6) is 0 Å². The van der Waals surface area contributed by atoms with Gasteiger partial charge in [-0.1, -0.05) is 5.16 Å². The number of oxime groups is 1. The highest BCUT2D eigenvalue weighted by Crippen LogP contribution is 2.40. The second-order valence-electron chi connectivity index (χ2n) is 8.98. The minimum atomic E-state index is -1.32. The summed E-state index contributed by atoms with van der Waals surface area (Å²) in [6.45, 7) is 7.94. The van der Waals surface area contributed by atoms with Gasteiger partial charge in [0, 0.05) is 23.6 Å². The zero-order valence-corrected chi connectivity index (χ0v) is 22.0. The lowest BCUT2D eigenvalue weighted by molar-refractivity contribution is -0.150. The van der Waals surface area contributed by atoms with Crippen LogP contribution in [0.3, 0.4) is 0 Å². The number of carboxylic acid groups (broad SMARTS) is 1. The minimum absolute atomic E-state index is 0.0619. The lowest BCUT2D eigenvalue weighted by Crippen LogP contribution is -2.71. The molecule has 36 heavy (non-hydrogen) atoms. The fourth-order valence-corrected chi connectivity index (χ4v) is 5.17. The van der Waals surface area contributed by atoms with Gasteiger partial charge in [-0.3, -0.25) is 19.3 Å². The maximum Gasteiger partial charge on any atom is 0.352 e. The molecular formula is C22H27N5O7S2. The number of nitrogens with one attached hydrogen (secondary N) is 1. The fourth-order valence-electron chi connectivity index (χ4n) is 3.32. The minimum Gasteiger partial charge on any atom is -0.477 e. The van der Waals surface area contributed by atoms with E-state index in [-0.39, 0.29) is 23.8 Å². The highest BCUT2D eigenvalue weighted by Gasteiger charge is 2.54. The van der Waals surface area contributed by atoms with Gasteiger partial charge in [-0.25, -0.2) is 9.78 Å². The Bertz CT molecular complexity index is 1180. The van der Waals surface area contributed by atoms with Crippen LogP contribution in [0.25, 0.3) is 6.08 Å². The molecule has 2 amide bonds. The van der Waals surface area contributed by atoms with Gasteiger partial charge in [-0.15, -0.1) is 23.1 Å². The number of carbonyl (C=O) groups excluding carboxylic acids is 3. The van der Waals surface area contributed by atoms with Gasteiger partial charge in [0.1, 0.15) is 29.3 Å². The van der Waals surface area contributed by atoms with E-state index in [4.69, 9.17) is 15.3 Å². The van der Waals surface area contributed by atoms with Crippen LogP contribution in [0.1, 0.15) is 40.3 Å². The summed E-state index contributed by atoms with van der Waals surface area (Å²) in [4.78, 5) is 59.9. The van der Waals surface area contributed by atoms with Gasteiger partial charge >= 0.3 is 11.9 Å². The molecule has 194 valence electrons. The zero-order chi connectivity index (χ0) is 26.8. The lowest BCUT2D eigenvalue weighted by Gasteiger charge is -2.49. The van der Waals surface area contributed by atoms with Crippen LogP contribution < -0.4 is 11.1 Å². The monoisotopic (exact) mass is 537 g/mol. The lowest BCUT2D eigenvalue weighted by atomic mass is 10.0. The number of fused-ring (bicyclic) bond motifs is 1. The van der Waals surface area contributed by atoms with Crippen LogP contribution in [0.2, 0.25) is 0 Å². The average molecular weight is 538 g/mol. The molecule has 0 saturated carbocycles. The van der Waals surface area contributed by atoms with Crippen LogP contribution in [0, 0.1) is 0 Å². The molecule has 12 nitrogen and oxygen atoms in total. The van der Waals surface area contributed by atoms with E-state index in [1.165, 1.54) is 30.0 Å². The van der Waals surface area contributed by atoms with Crippen LogP contribution in [0.15, 0.2) is 27.4 Å². The Kier molecular flexibility index (Phi) is 8.09. The van der Waals surface area contributed by atoms with E-state index in [2.05, 4.69) is 15.5 Å². The Labute approximate surface area is 215 Å². The van der Waals surface area contributed by atoms with Gasteiger partial charge < -0.3 is 25.7 Å². The molecule has 1 saturated heterocycles. The predicted molar refractivity (Wildman–Crippen MR) is 135 cm³/mol. The number of nitrogens with two attached hydrogens (primary N) is 1. The number of thioether (sulfide) groups is 1. The third-order valence-corrected chi connectivity index (χ3v) is 6.92. The molecule has 3 rings (SSSR count). The maximum absolute atomic E-state index is 13.2. The van der Waals surface area contributed by atoms with Crippen molar-refractivity contribution < 1.29 is 33.9 Å².